The zero-order valence-electron chi connectivity index (χ0n) is 22.6. The first-order valence-corrected chi connectivity index (χ1v) is 14.8. The summed E-state index contributed by atoms with van der Waals surface area (Å²) in [6.07, 6.45) is 6.67. The highest BCUT2D eigenvalue weighted by atomic mass is 32.2. The van der Waals surface area contributed by atoms with Crippen LogP contribution in [0, 0.1) is 13.8 Å². The molecule has 0 spiro atoms. The average Bonchev–Trinajstić information content (AvgIpc) is 3.18. The number of pyridine rings is 1. The molecule has 7 nitrogen and oxygen atoms in total. The van der Waals surface area contributed by atoms with E-state index in [9.17, 15) is 13.2 Å². The van der Waals surface area contributed by atoms with Crippen LogP contribution in [0.3, 0.4) is 0 Å². The molecule has 2 aliphatic heterocycles. The van der Waals surface area contributed by atoms with Gasteiger partial charge in [0.05, 0.1) is 12.2 Å². The lowest BCUT2D eigenvalue weighted by Crippen LogP contribution is -2.45. The van der Waals surface area contributed by atoms with Crippen molar-refractivity contribution in [2.24, 2.45) is 0 Å². The van der Waals surface area contributed by atoms with Gasteiger partial charge in [-0.05, 0) is 80.0 Å². The maximum absolute atomic E-state index is 13.0. The van der Waals surface area contributed by atoms with Crippen LogP contribution in [0.2, 0.25) is 0 Å². The number of amides is 1. The number of hydrogen-bond acceptors (Lipinski definition) is 4. The second-order valence-corrected chi connectivity index (χ2v) is 12.6. The normalized spacial score (nSPS) is 18.4. The largest absolute Gasteiger partial charge is 0.354 e. The number of aromatic nitrogens is 2. The summed E-state index contributed by atoms with van der Waals surface area (Å²) in [5.41, 5.74) is 8.10. The molecule has 0 unspecified atom stereocenters. The molecule has 8 heteroatoms. The molecule has 0 radical (unpaired) electrons. The van der Waals surface area contributed by atoms with Crippen molar-refractivity contribution in [1.82, 2.24) is 19.2 Å². The van der Waals surface area contributed by atoms with E-state index in [0.717, 1.165) is 40.8 Å². The summed E-state index contributed by atoms with van der Waals surface area (Å²) >= 11 is 0. The molecule has 38 heavy (non-hydrogen) atoms. The third-order valence-electron chi connectivity index (χ3n) is 7.61. The van der Waals surface area contributed by atoms with Crippen LogP contribution in [0.15, 0.2) is 54.0 Å². The quantitative estimate of drug-likeness (QED) is 0.477. The smallest absolute Gasteiger partial charge is 0.237 e. The third kappa shape index (κ3) is 5.33. The molecular weight excluding hydrogens is 496 g/mol. The Morgan fingerprint density at radius 1 is 1.08 bits per heavy atom. The zero-order chi connectivity index (χ0) is 27.0. The third-order valence-corrected chi connectivity index (χ3v) is 9.11. The molecule has 1 fully saturated rings. The van der Waals surface area contributed by atoms with Gasteiger partial charge >= 0.3 is 0 Å². The number of carbonyl (C=O) groups excluding carboxylic acids is 1. The molecule has 3 aromatic rings. The minimum absolute atomic E-state index is 0.120. The number of H-pyrrole nitrogens is 1. The number of allylic oxidation sites excluding steroid dienone is 2. The molecule has 2 aromatic heterocycles. The number of rotatable bonds is 5. The van der Waals surface area contributed by atoms with E-state index in [1.54, 1.807) is 12.2 Å². The van der Waals surface area contributed by atoms with E-state index in [4.69, 9.17) is 0 Å². The summed E-state index contributed by atoms with van der Waals surface area (Å²) in [6, 6.07) is 11.0. The summed E-state index contributed by atoms with van der Waals surface area (Å²) < 4.78 is 26.0. The Balaban J connectivity index is 1.33. The molecule has 1 saturated heterocycles. The SMILES string of the molecule is Cc1cc(-c2[nH]c3ccc(C4CCN(C(=O)CN5CC=CC=CS5(=O)=O)CC4)cc3c2C(C)C)cc(C)n1. The van der Waals surface area contributed by atoms with Crippen molar-refractivity contribution in [3.05, 3.63) is 76.5 Å². The van der Waals surface area contributed by atoms with Crippen molar-refractivity contribution in [1.29, 1.82) is 0 Å². The molecule has 1 amide bonds. The van der Waals surface area contributed by atoms with Gasteiger partial charge < -0.3 is 9.88 Å². The van der Waals surface area contributed by atoms with E-state index < -0.39 is 10.0 Å². The van der Waals surface area contributed by atoms with Gasteiger partial charge in [-0.3, -0.25) is 9.78 Å². The molecule has 0 atom stereocenters. The monoisotopic (exact) mass is 532 g/mol. The minimum Gasteiger partial charge on any atom is -0.354 e. The standard InChI is InChI=1S/C30H36N4O3S/c1-20(2)29-26-18-24(8-9-27(26)32-30(29)25-16-21(3)31-22(4)17-25)23-10-13-33(14-11-23)28(35)19-34-12-6-5-7-15-38(34,36)37/h5-9,15-18,20,23,32H,10-14,19H2,1-4H3. The molecule has 4 heterocycles. The lowest BCUT2D eigenvalue weighted by Gasteiger charge is -2.33. The molecule has 1 aromatic carbocycles. The number of hydrogen-bond donors (Lipinski definition) is 1. The van der Waals surface area contributed by atoms with Crippen LogP contribution < -0.4 is 0 Å². The van der Waals surface area contributed by atoms with E-state index >= 15 is 0 Å². The number of piperidine rings is 1. The first kappa shape index (κ1) is 26.4. The summed E-state index contributed by atoms with van der Waals surface area (Å²) in [5, 5.41) is 2.41. The number of sulfonamides is 1. The Hall–Kier alpha value is -3.23. The van der Waals surface area contributed by atoms with Crippen LogP contribution in [-0.4, -0.2) is 59.7 Å². The summed E-state index contributed by atoms with van der Waals surface area (Å²) in [5.74, 6) is 0.578. The molecule has 2 aliphatic rings. The van der Waals surface area contributed by atoms with Gasteiger partial charge in [0.1, 0.15) is 0 Å². The lowest BCUT2D eigenvalue weighted by atomic mass is 9.87. The zero-order valence-corrected chi connectivity index (χ0v) is 23.4. The fraction of sp³-hybridized carbons (Fsp3) is 0.400. The van der Waals surface area contributed by atoms with Gasteiger partial charge in [0.25, 0.3) is 0 Å². The number of nitrogens with one attached hydrogen (secondary N) is 1. The van der Waals surface area contributed by atoms with Crippen molar-refractivity contribution in [2.45, 2.75) is 52.4 Å². The van der Waals surface area contributed by atoms with Gasteiger partial charge in [0, 0.05) is 52.9 Å². The van der Waals surface area contributed by atoms with Gasteiger partial charge in [0.15, 0.2) is 0 Å². The maximum atomic E-state index is 13.0. The topological polar surface area (TPSA) is 86.4 Å². The highest BCUT2D eigenvalue weighted by Gasteiger charge is 2.29. The van der Waals surface area contributed by atoms with Crippen molar-refractivity contribution >= 4 is 26.8 Å². The number of benzene rings is 1. The second kappa shape index (κ2) is 10.5. The van der Waals surface area contributed by atoms with Crippen molar-refractivity contribution in [3.8, 4) is 11.3 Å². The first-order valence-electron chi connectivity index (χ1n) is 13.3. The van der Waals surface area contributed by atoms with Gasteiger partial charge in [-0.1, -0.05) is 32.1 Å². The van der Waals surface area contributed by atoms with Crippen LogP contribution in [0.5, 0.6) is 0 Å². The number of aromatic amines is 1. The van der Waals surface area contributed by atoms with Crippen LogP contribution >= 0.6 is 0 Å². The van der Waals surface area contributed by atoms with Gasteiger partial charge in [0.2, 0.25) is 15.9 Å². The number of likely N-dealkylation sites (tertiary alicyclic amines) is 1. The number of fused-ring (bicyclic) bond motifs is 1. The maximum Gasteiger partial charge on any atom is 0.237 e. The number of aryl methyl sites for hydroxylation is 2. The predicted molar refractivity (Wildman–Crippen MR) is 152 cm³/mol. The Kier molecular flexibility index (Phi) is 7.29. The van der Waals surface area contributed by atoms with E-state index in [1.165, 1.54) is 32.5 Å². The Bertz CT molecular complexity index is 1510. The van der Waals surface area contributed by atoms with Crippen molar-refractivity contribution < 1.29 is 13.2 Å². The Morgan fingerprint density at radius 2 is 1.79 bits per heavy atom. The molecule has 0 bridgehead atoms. The molecule has 0 saturated carbocycles. The first-order chi connectivity index (χ1) is 18.1. The minimum atomic E-state index is -3.57. The van der Waals surface area contributed by atoms with Gasteiger partial charge in [-0.25, -0.2) is 8.42 Å². The Morgan fingerprint density at radius 3 is 2.47 bits per heavy atom. The molecule has 200 valence electrons. The number of carbonyl (C=O) groups is 1. The van der Waals surface area contributed by atoms with Crippen LogP contribution in [0.4, 0.5) is 0 Å². The van der Waals surface area contributed by atoms with E-state index in [0.29, 0.717) is 24.9 Å². The van der Waals surface area contributed by atoms with Gasteiger partial charge in [-0.2, -0.15) is 4.31 Å². The summed E-state index contributed by atoms with van der Waals surface area (Å²) in [6.45, 7) is 9.89. The van der Waals surface area contributed by atoms with E-state index in [-0.39, 0.29) is 19.0 Å². The van der Waals surface area contributed by atoms with E-state index in [2.05, 4.69) is 54.1 Å². The van der Waals surface area contributed by atoms with E-state index in [1.807, 2.05) is 18.7 Å². The molecular formula is C30H36N4O3S. The number of nitrogens with zero attached hydrogens (tertiary/aromatic N) is 3. The lowest BCUT2D eigenvalue weighted by molar-refractivity contribution is -0.132. The van der Waals surface area contributed by atoms with Crippen LogP contribution in [-0.2, 0) is 14.8 Å². The van der Waals surface area contributed by atoms with Crippen LogP contribution in [0.25, 0.3) is 22.2 Å². The second-order valence-electron chi connectivity index (χ2n) is 10.8. The van der Waals surface area contributed by atoms with Gasteiger partial charge in [-0.15, -0.1) is 0 Å². The van der Waals surface area contributed by atoms with Crippen LogP contribution in [0.1, 0.15) is 61.0 Å². The highest BCUT2D eigenvalue weighted by molar-refractivity contribution is 7.92. The predicted octanol–water partition coefficient (Wildman–Crippen LogP) is 5.39. The molecule has 1 N–H and O–H groups in total. The summed E-state index contributed by atoms with van der Waals surface area (Å²) in [7, 11) is -3.57. The molecule has 5 rings (SSSR count). The Labute approximate surface area is 225 Å². The van der Waals surface area contributed by atoms with Crippen molar-refractivity contribution in [3.63, 3.8) is 0 Å². The fourth-order valence-corrected chi connectivity index (χ4v) is 6.80. The average molecular weight is 533 g/mol. The highest BCUT2D eigenvalue weighted by Crippen LogP contribution is 2.38. The summed E-state index contributed by atoms with van der Waals surface area (Å²) in [4.78, 5) is 23.0. The van der Waals surface area contributed by atoms with Crippen molar-refractivity contribution in [2.75, 3.05) is 26.2 Å². The fourth-order valence-electron chi connectivity index (χ4n) is 5.75. The molecule has 0 aliphatic carbocycles.